The maximum Gasteiger partial charge on any atom is 0.338 e. The first-order valence-corrected chi connectivity index (χ1v) is 5.09. The third kappa shape index (κ3) is 3.17. The van der Waals surface area contributed by atoms with Gasteiger partial charge < -0.3 is 9.47 Å². The van der Waals surface area contributed by atoms with Crippen LogP contribution in [-0.4, -0.2) is 24.6 Å². The minimum Gasteiger partial charge on any atom is -0.490 e. The topological polar surface area (TPSA) is 78.7 Å². The molecule has 0 spiro atoms. The van der Waals surface area contributed by atoms with Crippen molar-refractivity contribution in [2.45, 2.75) is 13.3 Å². The SMILES string of the molecule is CCCOC(=O)c1ccc(OC)c([N+](=O)[O-])c1. The molecule has 0 bridgehead atoms. The summed E-state index contributed by atoms with van der Waals surface area (Å²) in [6.07, 6.45) is 0.698. The first-order valence-electron chi connectivity index (χ1n) is 5.09. The summed E-state index contributed by atoms with van der Waals surface area (Å²) < 4.78 is 9.71. The number of hydrogen-bond acceptors (Lipinski definition) is 5. The summed E-state index contributed by atoms with van der Waals surface area (Å²) in [6.45, 7) is 2.16. The Labute approximate surface area is 98.3 Å². The van der Waals surface area contributed by atoms with Crippen molar-refractivity contribution in [3.05, 3.63) is 33.9 Å². The number of rotatable bonds is 5. The molecule has 0 saturated heterocycles. The summed E-state index contributed by atoms with van der Waals surface area (Å²) in [7, 11) is 1.33. The van der Waals surface area contributed by atoms with Crippen molar-refractivity contribution in [1.29, 1.82) is 0 Å². The van der Waals surface area contributed by atoms with Gasteiger partial charge in [-0.2, -0.15) is 0 Å². The maximum atomic E-state index is 11.5. The van der Waals surface area contributed by atoms with Crippen LogP contribution in [0.5, 0.6) is 5.75 Å². The molecule has 92 valence electrons. The van der Waals surface area contributed by atoms with Crippen molar-refractivity contribution >= 4 is 11.7 Å². The van der Waals surface area contributed by atoms with Crippen LogP contribution in [-0.2, 0) is 4.74 Å². The van der Waals surface area contributed by atoms with Gasteiger partial charge in [-0.1, -0.05) is 6.92 Å². The lowest BCUT2D eigenvalue weighted by atomic mass is 10.2. The van der Waals surface area contributed by atoms with E-state index in [1.165, 1.54) is 19.2 Å². The number of carbonyl (C=O) groups excluding carboxylic acids is 1. The lowest BCUT2D eigenvalue weighted by Crippen LogP contribution is -2.06. The average Bonchev–Trinajstić information content (AvgIpc) is 2.34. The predicted molar refractivity (Wildman–Crippen MR) is 60.2 cm³/mol. The standard InChI is InChI=1S/C11H13NO5/c1-3-6-17-11(13)8-4-5-10(16-2)9(7-8)12(14)15/h4-5,7H,3,6H2,1-2H3. The van der Waals surface area contributed by atoms with Crippen LogP contribution in [0.15, 0.2) is 18.2 Å². The van der Waals surface area contributed by atoms with E-state index in [0.29, 0.717) is 13.0 Å². The Balaban J connectivity index is 2.99. The maximum absolute atomic E-state index is 11.5. The average molecular weight is 239 g/mol. The van der Waals surface area contributed by atoms with E-state index in [1.807, 2.05) is 6.92 Å². The third-order valence-electron chi connectivity index (χ3n) is 2.05. The van der Waals surface area contributed by atoms with Crippen molar-refractivity contribution in [3.8, 4) is 5.75 Å². The van der Waals surface area contributed by atoms with Gasteiger partial charge in [0, 0.05) is 6.07 Å². The molecule has 0 radical (unpaired) electrons. The Morgan fingerprint density at radius 2 is 2.18 bits per heavy atom. The van der Waals surface area contributed by atoms with Crippen LogP contribution in [0.4, 0.5) is 5.69 Å². The highest BCUT2D eigenvalue weighted by Gasteiger charge is 2.18. The minimum absolute atomic E-state index is 0.113. The first kappa shape index (κ1) is 13.0. The lowest BCUT2D eigenvalue weighted by molar-refractivity contribution is -0.385. The fourth-order valence-electron chi connectivity index (χ4n) is 1.24. The second kappa shape index (κ2) is 5.83. The van der Waals surface area contributed by atoms with Gasteiger partial charge in [0.25, 0.3) is 0 Å². The van der Waals surface area contributed by atoms with Gasteiger partial charge >= 0.3 is 11.7 Å². The zero-order valence-corrected chi connectivity index (χ0v) is 9.63. The van der Waals surface area contributed by atoms with Crippen LogP contribution in [0.2, 0.25) is 0 Å². The van der Waals surface area contributed by atoms with E-state index in [9.17, 15) is 14.9 Å². The van der Waals surface area contributed by atoms with Crippen LogP contribution in [0.25, 0.3) is 0 Å². The van der Waals surface area contributed by atoms with E-state index in [0.717, 1.165) is 6.07 Å². The Morgan fingerprint density at radius 1 is 1.47 bits per heavy atom. The largest absolute Gasteiger partial charge is 0.490 e. The number of benzene rings is 1. The highest BCUT2D eigenvalue weighted by Crippen LogP contribution is 2.27. The molecule has 0 aliphatic carbocycles. The van der Waals surface area contributed by atoms with Crippen LogP contribution >= 0.6 is 0 Å². The highest BCUT2D eigenvalue weighted by atomic mass is 16.6. The van der Waals surface area contributed by atoms with Gasteiger partial charge in [0.15, 0.2) is 5.75 Å². The molecule has 1 aromatic rings. The number of carbonyl (C=O) groups is 1. The molecule has 0 fully saturated rings. The minimum atomic E-state index is -0.602. The van der Waals surface area contributed by atoms with Crippen molar-refractivity contribution in [3.63, 3.8) is 0 Å². The Bertz CT molecular complexity index is 430. The molecule has 0 aromatic heterocycles. The zero-order chi connectivity index (χ0) is 12.8. The van der Waals surface area contributed by atoms with Gasteiger partial charge in [-0.05, 0) is 18.6 Å². The van der Waals surface area contributed by atoms with E-state index >= 15 is 0 Å². The number of ether oxygens (including phenoxy) is 2. The molecule has 0 unspecified atom stereocenters. The summed E-state index contributed by atoms with van der Waals surface area (Å²) >= 11 is 0. The number of nitro benzene ring substituents is 1. The fourth-order valence-corrected chi connectivity index (χ4v) is 1.24. The van der Waals surface area contributed by atoms with E-state index in [-0.39, 0.29) is 17.0 Å². The lowest BCUT2D eigenvalue weighted by Gasteiger charge is -2.05. The van der Waals surface area contributed by atoms with Gasteiger partial charge in [-0.15, -0.1) is 0 Å². The fraction of sp³-hybridized carbons (Fsp3) is 0.364. The second-order valence-corrected chi connectivity index (χ2v) is 3.28. The summed E-state index contributed by atoms with van der Waals surface area (Å²) in [5.74, 6) is -0.459. The number of nitrogens with zero attached hydrogens (tertiary/aromatic N) is 1. The quantitative estimate of drug-likeness (QED) is 0.447. The molecule has 0 saturated carbocycles. The molecular weight excluding hydrogens is 226 g/mol. The molecule has 0 heterocycles. The van der Waals surface area contributed by atoms with Gasteiger partial charge in [-0.3, -0.25) is 10.1 Å². The Morgan fingerprint density at radius 3 is 2.71 bits per heavy atom. The normalized spacial score (nSPS) is 9.76. The summed E-state index contributed by atoms with van der Waals surface area (Å²) in [5, 5.41) is 10.7. The molecule has 0 aliphatic rings. The third-order valence-corrected chi connectivity index (χ3v) is 2.05. The number of nitro groups is 1. The van der Waals surface area contributed by atoms with Crippen LogP contribution in [0.1, 0.15) is 23.7 Å². The smallest absolute Gasteiger partial charge is 0.338 e. The zero-order valence-electron chi connectivity index (χ0n) is 9.63. The van der Waals surface area contributed by atoms with E-state index < -0.39 is 10.9 Å². The predicted octanol–water partition coefficient (Wildman–Crippen LogP) is 2.17. The van der Waals surface area contributed by atoms with Gasteiger partial charge in [0.05, 0.1) is 24.2 Å². The highest BCUT2D eigenvalue weighted by molar-refractivity contribution is 5.90. The molecule has 0 atom stereocenters. The second-order valence-electron chi connectivity index (χ2n) is 3.28. The number of methoxy groups -OCH3 is 1. The van der Waals surface area contributed by atoms with Gasteiger partial charge in [-0.25, -0.2) is 4.79 Å². The van der Waals surface area contributed by atoms with Crippen LogP contribution < -0.4 is 4.74 Å². The van der Waals surface area contributed by atoms with E-state index in [4.69, 9.17) is 9.47 Å². The monoisotopic (exact) mass is 239 g/mol. The molecule has 6 heteroatoms. The summed E-state index contributed by atoms with van der Waals surface area (Å²) in [6, 6.07) is 3.96. The van der Waals surface area contributed by atoms with Gasteiger partial charge in [0.2, 0.25) is 0 Å². The molecule has 0 N–H and O–H groups in total. The Kier molecular flexibility index (Phi) is 4.45. The van der Waals surface area contributed by atoms with Crippen molar-refractivity contribution in [1.82, 2.24) is 0 Å². The van der Waals surface area contributed by atoms with Crippen molar-refractivity contribution in [2.24, 2.45) is 0 Å². The van der Waals surface area contributed by atoms with E-state index in [2.05, 4.69) is 0 Å². The van der Waals surface area contributed by atoms with Crippen LogP contribution in [0, 0.1) is 10.1 Å². The molecule has 17 heavy (non-hydrogen) atoms. The summed E-state index contributed by atoms with van der Waals surface area (Å²) in [5.41, 5.74) is -0.107. The van der Waals surface area contributed by atoms with Crippen molar-refractivity contribution < 1.29 is 19.2 Å². The Hall–Kier alpha value is -2.11. The molecule has 6 nitrogen and oxygen atoms in total. The first-order chi connectivity index (χ1) is 8.10. The molecule has 1 rings (SSSR count). The number of esters is 1. The van der Waals surface area contributed by atoms with Crippen LogP contribution in [0.3, 0.4) is 0 Å². The van der Waals surface area contributed by atoms with Crippen molar-refractivity contribution in [2.75, 3.05) is 13.7 Å². The molecule has 1 aromatic carbocycles. The van der Waals surface area contributed by atoms with E-state index in [1.54, 1.807) is 0 Å². The molecular formula is C11H13NO5. The molecule has 0 aliphatic heterocycles. The summed E-state index contributed by atoms with van der Waals surface area (Å²) in [4.78, 5) is 21.6. The van der Waals surface area contributed by atoms with Gasteiger partial charge in [0.1, 0.15) is 0 Å². The number of hydrogen-bond donors (Lipinski definition) is 0. The molecule has 0 amide bonds.